The van der Waals surface area contributed by atoms with Crippen LogP contribution in [-0.4, -0.2) is 8.80 Å². The Morgan fingerprint density at radius 2 is 1.36 bits per heavy atom. The maximum absolute atomic E-state index is 2.37. The van der Waals surface area contributed by atoms with E-state index in [1.165, 1.54) is 11.1 Å². The highest BCUT2D eigenvalue weighted by Gasteiger charge is 2.00. The third kappa shape index (κ3) is 2.19. The van der Waals surface area contributed by atoms with Gasteiger partial charge in [0.2, 0.25) is 0 Å². The number of aryl methyl sites for hydroxylation is 2. The molecular weight excluding hydrogens is 148 g/mol. The Morgan fingerprint density at radius 1 is 0.909 bits per heavy atom. The van der Waals surface area contributed by atoms with Crippen molar-refractivity contribution in [2.75, 3.05) is 0 Å². The summed E-state index contributed by atoms with van der Waals surface area (Å²) in [7, 11) is -0.585. The summed E-state index contributed by atoms with van der Waals surface area (Å²) in [4.78, 5) is 0. The molecular formula is C10H16Si. The van der Waals surface area contributed by atoms with Gasteiger partial charge in [-0.05, 0) is 13.8 Å². The molecule has 0 unspecified atom stereocenters. The first kappa shape index (κ1) is 8.53. The number of benzene rings is 1. The van der Waals surface area contributed by atoms with Crippen molar-refractivity contribution in [3.8, 4) is 0 Å². The van der Waals surface area contributed by atoms with Gasteiger partial charge in [0.05, 0.1) is 8.80 Å². The van der Waals surface area contributed by atoms with E-state index in [4.69, 9.17) is 0 Å². The van der Waals surface area contributed by atoms with Crippen LogP contribution >= 0.6 is 0 Å². The van der Waals surface area contributed by atoms with E-state index in [1.807, 2.05) is 0 Å². The van der Waals surface area contributed by atoms with E-state index in [0.29, 0.717) is 0 Å². The fraction of sp³-hybridized carbons (Fsp3) is 0.400. The standard InChI is InChI=1S/C10H16Si/c1-8-5-9(2)7-10(6-8)11(3)4/h5-7,11H,1-4H3. The molecule has 0 aliphatic carbocycles. The minimum Gasteiger partial charge on any atom is -0.0682 e. The van der Waals surface area contributed by atoms with E-state index in [2.05, 4.69) is 45.1 Å². The van der Waals surface area contributed by atoms with Crippen molar-refractivity contribution < 1.29 is 0 Å². The summed E-state index contributed by atoms with van der Waals surface area (Å²) in [6.07, 6.45) is 0. The van der Waals surface area contributed by atoms with Gasteiger partial charge in [0.1, 0.15) is 0 Å². The second-order valence-electron chi connectivity index (χ2n) is 3.58. The van der Waals surface area contributed by atoms with Crippen LogP contribution in [0.25, 0.3) is 0 Å². The molecule has 0 heterocycles. The fourth-order valence-corrected chi connectivity index (χ4v) is 2.54. The van der Waals surface area contributed by atoms with E-state index in [-0.39, 0.29) is 0 Å². The second-order valence-corrected chi connectivity index (χ2v) is 6.55. The first-order valence-electron chi connectivity index (χ1n) is 4.18. The van der Waals surface area contributed by atoms with Gasteiger partial charge in [0, 0.05) is 0 Å². The molecule has 0 aromatic heterocycles. The molecule has 0 saturated heterocycles. The van der Waals surface area contributed by atoms with Gasteiger partial charge in [-0.25, -0.2) is 0 Å². The maximum atomic E-state index is 2.37. The first-order chi connectivity index (χ1) is 5.09. The lowest BCUT2D eigenvalue weighted by molar-refractivity contribution is 1.40. The van der Waals surface area contributed by atoms with Crippen LogP contribution in [0.5, 0.6) is 0 Å². The molecule has 0 fully saturated rings. The largest absolute Gasteiger partial charge is 0.0682 e. The highest BCUT2D eigenvalue weighted by atomic mass is 28.3. The topological polar surface area (TPSA) is 0 Å². The quantitative estimate of drug-likeness (QED) is 0.557. The summed E-state index contributed by atoms with van der Waals surface area (Å²) >= 11 is 0. The predicted octanol–water partition coefficient (Wildman–Crippen LogP) is 2.00. The molecule has 1 rings (SSSR count). The van der Waals surface area contributed by atoms with E-state index in [0.717, 1.165) is 0 Å². The SMILES string of the molecule is Cc1cc(C)cc([SiH](C)C)c1. The molecule has 0 N–H and O–H groups in total. The van der Waals surface area contributed by atoms with Crippen molar-refractivity contribution in [3.63, 3.8) is 0 Å². The van der Waals surface area contributed by atoms with E-state index >= 15 is 0 Å². The summed E-state index contributed by atoms with van der Waals surface area (Å²) in [5.41, 5.74) is 2.81. The highest BCUT2D eigenvalue weighted by Crippen LogP contribution is 2.01. The van der Waals surface area contributed by atoms with Crippen molar-refractivity contribution in [1.82, 2.24) is 0 Å². The smallest absolute Gasteiger partial charge is 0.0647 e. The predicted molar refractivity (Wildman–Crippen MR) is 54.4 cm³/mol. The zero-order chi connectivity index (χ0) is 8.43. The molecule has 0 aliphatic heterocycles. The Balaban J connectivity index is 3.08. The van der Waals surface area contributed by atoms with Crippen LogP contribution in [0.15, 0.2) is 18.2 Å². The molecule has 0 aliphatic rings. The number of hydrogen-bond donors (Lipinski definition) is 0. The molecule has 0 amide bonds. The molecule has 0 bridgehead atoms. The summed E-state index contributed by atoms with van der Waals surface area (Å²) in [6.45, 7) is 9.09. The lowest BCUT2D eigenvalue weighted by Gasteiger charge is -2.06. The fourth-order valence-electron chi connectivity index (χ4n) is 1.34. The van der Waals surface area contributed by atoms with Crippen LogP contribution < -0.4 is 5.19 Å². The molecule has 0 saturated carbocycles. The summed E-state index contributed by atoms with van der Waals surface area (Å²) in [5, 5.41) is 1.59. The van der Waals surface area contributed by atoms with E-state index in [1.54, 1.807) is 5.19 Å². The van der Waals surface area contributed by atoms with Gasteiger partial charge < -0.3 is 0 Å². The summed E-state index contributed by atoms with van der Waals surface area (Å²) in [5.74, 6) is 0. The van der Waals surface area contributed by atoms with E-state index < -0.39 is 8.80 Å². The second kappa shape index (κ2) is 3.22. The zero-order valence-corrected chi connectivity index (χ0v) is 8.96. The van der Waals surface area contributed by atoms with Crippen molar-refractivity contribution in [3.05, 3.63) is 29.3 Å². The molecule has 1 aromatic carbocycles. The lowest BCUT2D eigenvalue weighted by Crippen LogP contribution is -2.22. The van der Waals surface area contributed by atoms with Gasteiger partial charge in [-0.15, -0.1) is 0 Å². The van der Waals surface area contributed by atoms with Gasteiger partial charge in [0.15, 0.2) is 0 Å². The molecule has 0 radical (unpaired) electrons. The van der Waals surface area contributed by atoms with Gasteiger partial charge in [-0.1, -0.05) is 47.6 Å². The Kier molecular flexibility index (Phi) is 2.50. The third-order valence-corrected chi connectivity index (χ3v) is 3.58. The first-order valence-corrected chi connectivity index (χ1v) is 7.06. The van der Waals surface area contributed by atoms with Crippen LogP contribution in [0.2, 0.25) is 13.1 Å². The summed E-state index contributed by atoms with van der Waals surface area (Å²) in [6, 6.07) is 6.88. The van der Waals surface area contributed by atoms with Gasteiger partial charge in [0.25, 0.3) is 0 Å². The Labute approximate surface area is 70.9 Å². The van der Waals surface area contributed by atoms with Crippen molar-refractivity contribution >= 4 is 14.0 Å². The molecule has 1 heteroatoms. The molecule has 1 aromatic rings. The third-order valence-electron chi connectivity index (χ3n) is 1.91. The van der Waals surface area contributed by atoms with Gasteiger partial charge >= 0.3 is 0 Å². The van der Waals surface area contributed by atoms with Crippen molar-refractivity contribution in [2.45, 2.75) is 26.9 Å². The van der Waals surface area contributed by atoms with Gasteiger partial charge in [-0.3, -0.25) is 0 Å². The average Bonchev–Trinajstić information content (AvgIpc) is 1.85. The minimum absolute atomic E-state index is 0.585. The van der Waals surface area contributed by atoms with E-state index in [9.17, 15) is 0 Å². The Hall–Kier alpha value is -0.563. The Morgan fingerprint density at radius 3 is 1.73 bits per heavy atom. The van der Waals surface area contributed by atoms with Crippen molar-refractivity contribution in [2.24, 2.45) is 0 Å². The maximum Gasteiger partial charge on any atom is 0.0647 e. The number of rotatable bonds is 1. The minimum atomic E-state index is -0.585. The monoisotopic (exact) mass is 164 g/mol. The summed E-state index contributed by atoms with van der Waals surface area (Å²) < 4.78 is 0. The Bertz CT molecular complexity index is 231. The van der Waals surface area contributed by atoms with Crippen LogP contribution in [0.4, 0.5) is 0 Å². The van der Waals surface area contributed by atoms with Crippen LogP contribution in [0.3, 0.4) is 0 Å². The van der Waals surface area contributed by atoms with Crippen LogP contribution in [-0.2, 0) is 0 Å². The average molecular weight is 164 g/mol. The molecule has 11 heavy (non-hydrogen) atoms. The molecule has 0 atom stereocenters. The molecule has 0 nitrogen and oxygen atoms in total. The number of hydrogen-bond acceptors (Lipinski definition) is 0. The van der Waals surface area contributed by atoms with Crippen LogP contribution in [0, 0.1) is 13.8 Å². The highest BCUT2D eigenvalue weighted by molar-refractivity contribution is 6.70. The van der Waals surface area contributed by atoms with Gasteiger partial charge in [-0.2, -0.15) is 0 Å². The normalized spacial score (nSPS) is 10.6. The molecule has 0 spiro atoms. The lowest BCUT2D eigenvalue weighted by atomic mass is 10.2. The molecule has 60 valence electrons. The zero-order valence-electron chi connectivity index (χ0n) is 7.81. The van der Waals surface area contributed by atoms with Crippen molar-refractivity contribution in [1.29, 1.82) is 0 Å². The van der Waals surface area contributed by atoms with Crippen LogP contribution in [0.1, 0.15) is 11.1 Å².